The number of rotatable bonds is 1. The molecule has 0 spiro atoms. The Labute approximate surface area is 98.1 Å². The first-order valence-corrected chi connectivity index (χ1v) is 5.34. The van der Waals surface area contributed by atoms with Crippen molar-refractivity contribution >= 4 is 23.2 Å². The molecule has 5 nitrogen and oxygen atoms in total. The molecule has 0 atom stereocenters. The Morgan fingerprint density at radius 3 is 2.81 bits per heavy atom. The number of carbonyl (C=O) groups is 1. The third-order valence-electron chi connectivity index (χ3n) is 2.38. The molecule has 0 bridgehead atoms. The van der Waals surface area contributed by atoms with Gasteiger partial charge in [-0.25, -0.2) is 4.98 Å². The number of nitrogens with zero attached hydrogens (tertiary/aromatic N) is 2. The maximum absolute atomic E-state index is 12.0. The molecule has 16 heavy (non-hydrogen) atoms. The summed E-state index contributed by atoms with van der Waals surface area (Å²) in [6, 6.07) is 1.53. The Morgan fingerprint density at radius 2 is 2.19 bits per heavy atom. The Morgan fingerprint density at radius 1 is 1.50 bits per heavy atom. The lowest BCUT2D eigenvalue weighted by Gasteiger charge is -2.26. The Balaban J connectivity index is 2.19. The molecule has 2 rings (SSSR count). The van der Waals surface area contributed by atoms with Crippen molar-refractivity contribution in [2.45, 2.75) is 0 Å². The predicted octanol–water partition coefficient (Wildman–Crippen LogP) is 0.790. The molecular weight excluding hydrogens is 230 g/mol. The molecule has 1 aromatic rings. The summed E-state index contributed by atoms with van der Waals surface area (Å²) in [5.74, 6) is -0.169. The molecule has 0 saturated carbocycles. The third kappa shape index (κ3) is 2.25. The quantitative estimate of drug-likeness (QED) is 0.789. The number of amides is 1. The van der Waals surface area contributed by atoms with Crippen LogP contribution in [0.2, 0.25) is 5.02 Å². The van der Waals surface area contributed by atoms with E-state index in [1.807, 2.05) is 0 Å². The Kier molecular flexibility index (Phi) is 3.26. The molecule has 2 heterocycles. The lowest BCUT2D eigenvalue weighted by molar-refractivity contribution is 0.0300. The summed E-state index contributed by atoms with van der Waals surface area (Å²) < 4.78 is 5.17. The number of halogens is 1. The van der Waals surface area contributed by atoms with E-state index in [2.05, 4.69) is 4.98 Å². The zero-order valence-corrected chi connectivity index (χ0v) is 9.41. The maximum atomic E-state index is 12.0. The van der Waals surface area contributed by atoms with Crippen LogP contribution in [0.1, 0.15) is 10.5 Å². The first-order chi connectivity index (χ1) is 7.68. The van der Waals surface area contributed by atoms with Crippen LogP contribution >= 0.6 is 11.6 Å². The average Bonchev–Trinajstić information content (AvgIpc) is 2.29. The maximum Gasteiger partial charge on any atom is 0.274 e. The minimum atomic E-state index is -0.169. The second-order valence-corrected chi connectivity index (χ2v) is 3.93. The van der Waals surface area contributed by atoms with Crippen molar-refractivity contribution in [3.63, 3.8) is 0 Å². The van der Waals surface area contributed by atoms with Crippen molar-refractivity contribution in [1.82, 2.24) is 9.88 Å². The van der Waals surface area contributed by atoms with Gasteiger partial charge in [-0.15, -0.1) is 0 Å². The molecule has 1 amide bonds. The Hall–Kier alpha value is -1.33. The van der Waals surface area contributed by atoms with E-state index in [4.69, 9.17) is 22.1 Å². The number of ether oxygens (including phenoxy) is 1. The van der Waals surface area contributed by atoms with Crippen LogP contribution < -0.4 is 5.73 Å². The number of pyridine rings is 1. The highest BCUT2D eigenvalue weighted by Crippen LogP contribution is 2.17. The topological polar surface area (TPSA) is 68.5 Å². The van der Waals surface area contributed by atoms with Crippen molar-refractivity contribution in [2.24, 2.45) is 0 Å². The van der Waals surface area contributed by atoms with Crippen LogP contribution in [0.25, 0.3) is 0 Å². The van der Waals surface area contributed by atoms with Gasteiger partial charge in [-0.3, -0.25) is 4.79 Å². The number of hydrogen-bond donors (Lipinski definition) is 1. The normalized spacial score (nSPS) is 16.2. The van der Waals surface area contributed by atoms with E-state index < -0.39 is 0 Å². The van der Waals surface area contributed by atoms with Gasteiger partial charge in [0.2, 0.25) is 0 Å². The van der Waals surface area contributed by atoms with E-state index in [9.17, 15) is 4.79 Å². The minimum absolute atomic E-state index is 0.169. The van der Waals surface area contributed by atoms with Crippen LogP contribution in [0, 0.1) is 0 Å². The van der Waals surface area contributed by atoms with E-state index in [0.29, 0.717) is 37.0 Å². The fourth-order valence-corrected chi connectivity index (χ4v) is 1.72. The van der Waals surface area contributed by atoms with Gasteiger partial charge < -0.3 is 15.4 Å². The van der Waals surface area contributed by atoms with E-state index in [-0.39, 0.29) is 11.6 Å². The lowest BCUT2D eigenvalue weighted by atomic mass is 10.2. The van der Waals surface area contributed by atoms with Crippen LogP contribution in [-0.4, -0.2) is 42.1 Å². The van der Waals surface area contributed by atoms with Gasteiger partial charge in [0, 0.05) is 19.3 Å². The SMILES string of the molecule is Nc1cc(Cl)cnc1C(=O)N1CCOCC1. The monoisotopic (exact) mass is 241 g/mol. The van der Waals surface area contributed by atoms with Crippen LogP contribution in [0.5, 0.6) is 0 Å². The number of aromatic nitrogens is 1. The summed E-state index contributed by atoms with van der Waals surface area (Å²) in [5, 5.41) is 0.427. The molecule has 1 fully saturated rings. The highest BCUT2D eigenvalue weighted by molar-refractivity contribution is 6.30. The second kappa shape index (κ2) is 4.67. The van der Waals surface area contributed by atoms with Gasteiger partial charge in [0.25, 0.3) is 5.91 Å². The number of nitrogen functional groups attached to an aromatic ring is 1. The van der Waals surface area contributed by atoms with E-state index in [1.165, 1.54) is 12.3 Å². The van der Waals surface area contributed by atoms with Crippen molar-refractivity contribution in [2.75, 3.05) is 32.0 Å². The summed E-state index contributed by atoms with van der Waals surface area (Å²) in [7, 11) is 0. The molecule has 0 unspecified atom stereocenters. The van der Waals surface area contributed by atoms with Crippen molar-refractivity contribution in [1.29, 1.82) is 0 Å². The van der Waals surface area contributed by atoms with Gasteiger partial charge in [-0.2, -0.15) is 0 Å². The molecule has 1 saturated heterocycles. The van der Waals surface area contributed by atoms with Crippen LogP contribution in [0.4, 0.5) is 5.69 Å². The molecule has 6 heteroatoms. The second-order valence-electron chi connectivity index (χ2n) is 3.50. The van der Waals surface area contributed by atoms with Crippen molar-refractivity contribution in [3.05, 3.63) is 23.0 Å². The molecule has 1 aliphatic rings. The summed E-state index contributed by atoms with van der Waals surface area (Å²) in [6.07, 6.45) is 1.42. The van der Waals surface area contributed by atoms with E-state index in [1.54, 1.807) is 4.90 Å². The first kappa shape index (κ1) is 11.2. The molecule has 0 aromatic carbocycles. The van der Waals surface area contributed by atoms with Gasteiger partial charge in [0.05, 0.1) is 23.9 Å². The number of hydrogen-bond acceptors (Lipinski definition) is 4. The molecule has 1 aromatic heterocycles. The van der Waals surface area contributed by atoms with Gasteiger partial charge >= 0.3 is 0 Å². The molecule has 2 N–H and O–H groups in total. The largest absolute Gasteiger partial charge is 0.397 e. The highest BCUT2D eigenvalue weighted by Gasteiger charge is 2.21. The van der Waals surface area contributed by atoms with Gasteiger partial charge in [0.1, 0.15) is 0 Å². The standard InChI is InChI=1S/C10H12ClN3O2/c11-7-5-8(12)9(13-6-7)10(15)14-1-3-16-4-2-14/h5-6H,1-4,12H2. The fourth-order valence-electron chi connectivity index (χ4n) is 1.55. The third-order valence-corrected chi connectivity index (χ3v) is 2.59. The van der Waals surface area contributed by atoms with Crippen molar-refractivity contribution in [3.8, 4) is 0 Å². The fraction of sp³-hybridized carbons (Fsp3) is 0.400. The van der Waals surface area contributed by atoms with Gasteiger partial charge in [-0.05, 0) is 6.07 Å². The molecular formula is C10H12ClN3O2. The smallest absolute Gasteiger partial charge is 0.274 e. The number of morpholine rings is 1. The highest BCUT2D eigenvalue weighted by atomic mass is 35.5. The molecule has 0 aliphatic carbocycles. The van der Waals surface area contributed by atoms with E-state index in [0.717, 1.165) is 0 Å². The Bertz CT molecular complexity index is 405. The molecule has 1 aliphatic heterocycles. The number of carbonyl (C=O) groups excluding carboxylic acids is 1. The number of nitrogens with two attached hydrogens (primary N) is 1. The summed E-state index contributed by atoms with van der Waals surface area (Å²) in [5.41, 5.74) is 6.27. The predicted molar refractivity (Wildman–Crippen MR) is 60.4 cm³/mol. The van der Waals surface area contributed by atoms with Gasteiger partial charge in [-0.1, -0.05) is 11.6 Å². The summed E-state index contributed by atoms with van der Waals surface area (Å²) in [6.45, 7) is 2.25. The first-order valence-electron chi connectivity index (χ1n) is 4.96. The molecule has 86 valence electrons. The van der Waals surface area contributed by atoms with Crippen LogP contribution in [-0.2, 0) is 4.74 Å². The lowest BCUT2D eigenvalue weighted by Crippen LogP contribution is -2.41. The number of anilines is 1. The van der Waals surface area contributed by atoms with Crippen LogP contribution in [0.15, 0.2) is 12.3 Å². The van der Waals surface area contributed by atoms with E-state index >= 15 is 0 Å². The average molecular weight is 242 g/mol. The minimum Gasteiger partial charge on any atom is -0.397 e. The van der Waals surface area contributed by atoms with Gasteiger partial charge in [0.15, 0.2) is 5.69 Å². The molecule has 0 radical (unpaired) electrons. The zero-order chi connectivity index (χ0) is 11.5. The summed E-state index contributed by atoms with van der Waals surface area (Å²) in [4.78, 5) is 17.7. The van der Waals surface area contributed by atoms with Crippen LogP contribution in [0.3, 0.4) is 0 Å². The van der Waals surface area contributed by atoms with Crippen molar-refractivity contribution < 1.29 is 9.53 Å². The zero-order valence-electron chi connectivity index (χ0n) is 8.65. The summed E-state index contributed by atoms with van der Waals surface area (Å²) >= 11 is 5.72.